The molecule has 1 aromatic carbocycles. The van der Waals surface area contributed by atoms with Gasteiger partial charge in [0.25, 0.3) is 0 Å². The van der Waals surface area contributed by atoms with E-state index in [4.69, 9.17) is 5.73 Å². The summed E-state index contributed by atoms with van der Waals surface area (Å²) < 4.78 is 0. The van der Waals surface area contributed by atoms with Crippen LogP contribution in [0.25, 0.3) is 0 Å². The highest BCUT2D eigenvalue weighted by atomic mass is 16.2. The van der Waals surface area contributed by atoms with Crippen LogP contribution in [0.3, 0.4) is 0 Å². The number of nitrogens with zero attached hydrogens (tertiary/aromatic N) is 1. The smallest absolute Gasteiger partial charge is 0.240 e. The zero-order valence-corrected chi connectivity index (χ0v) is 10.6. The maximum absolute atomic E-state index is 12.2. The number of benzene rings is 1. The fourth-order valence-corrected chi connectivity index (χ4v) is 2.40. The summed E-state index contributed by atoms with van der Waals surface area (Å²) >= 11 is 0. The molecular formula is C15H20N2O. The van der Waals surface area contributed by atoms with Crippen LogP contribution in [0.2, 0.25) is 0 Å². The van der Waals surface area contributed by atoms with Gasteiger partial charge >= 0.3 is 0 Å². The Labute approximate surface area is 108 Å². The molecule has 1 amide bonds. The Bertz CT molecular complexity index is 442. The van der Waals surface area contributed by atoms with Gasteiger partial charge in [0, 0.05) is 13.1 Å². The Balaban J connectivity index is 2.12. The maximum atomic E-state index is 12.2. The zero-order valence-electron chi connectivity index (χ0n) is 10.6. The van der Waals surface area contributed by atoms with Crippen molar-refractivity contribution in [3.63, 3.8) is 0 Å². The summed E-state index contributed by atoms with van der Waals surface area (Å²) in [5, 5.41) is 0. The molecule has 3 nitrogen and oxygen atoms in total. The number of hydrogen-bond donors (Lipinski definition) is 1. The average Bonchev–Trinajstić information content (AvgIpc) is 2.60. The van der Waals surface area contributed by atoms with Crippen LogP contribution in [-0.2, 0) is 17.8 Å². The van der Waals surface area contributed by atoms with Gasteiger partial charge in [-0.2, -0.15) is 0 Å². The summed E-state index contributed by atoms with van der Waals surface area (Å²) in [6.07, 6.45) is 4.28. The number of carbonyl (C=O) groups is 1. The number of rotatable bonds is 3. The van der Waals surface area contributed by atoms with Gasteiger partial charge in [-0.05, 0) is 30.4 Å². The van der Waals surface area contributed by atoms with E-state index in [1.165, 1.54) is 11.1 Å². The van der Waals surface area contributed by atoms with Crippen LogP contribution in [0.1, 0.15) is 24.0 Å². The van der Waals surface area contributed by atoms with Gasteiger partial charge in [-0.3, -0.25) is 4.79 Å². The first kappa shape index (κ1) is 12.8. The molecule has 0 saturated carbocycles. The number of fused-ring (bicyclic) bond motifs is 1. The summed E-state index contributed by atoms with van der Waals surface area (Å²) in [4.78, 5) is 14.1. The van der Waals surface area contributed by atoms with Crippen molar-refractivity contribution in [2.45, 2.75) is 31.8 Å². The number of amides is 1. The highest BCUT2D eigenvalue weighted by molar-refractivity contribution is 5.81. The van der Waals surface area contributed by atoms with Crippen molar-refractivity contribution in [2.24, 2.45) is 5.73 Å². The molecule has 18 heavy (non-hydrogen) atoms. The van der Waals surface area contributed by atoms with Gasteiger partial charge in [-0.15, -0.1) is 6.58 Å². The normalized spacial score (nSPS) is 16.6. The van der Waals surface area contributed by atoms with E-state index in [1.807, 2.05) is 11.0 Å². The van der Waals surface area contributed by atoms with Gasteiger partial charge in [0.2, 0.25) is 5.91 Å². The van der Waals surface area contributed by atoms with Gasteiger partial charge < -0.3 is 10.6 Å². The molecule has 0 aliphatic carbocycles. The third kappa shape index (κ3) is 2.79. The first-order chi connectivity index (χ1) is 8.72. The van der Waals surface area contributed by atoms with Crippen molar-refractivity contribution >= 4 is 5.91 Å². The molecule has 1 atom stereocenters. The van der Waals surface area contributed by atoms with E-state index in [0.29, 0.717) is 13.0 Å². The molecule has 2 N–H and O–H groups in total. The lowest BCUT2D eigenvalue weighted by molar-refractivity contribution is -0.133. The lowest BCUT2D eigenvalue weighted by atomic mass is 10.0. The molecule has 1 aromatic rings. The molecule has 1 unspecified atom stereocenters. The second kappa shape index (κ2) is 5.83. The Morgan fingerprint density at radius 1 is 1.44 bits per heavy atom. The predicted octanol–water partition coefficient (Wildman–Crippen LogP) is 1.86. The number of aryl methyl sites for hydroxylation is 1. The Morgan fingerprint density at radius 2 is 2.17 bits per heavy atom. The average molecular weight is 244 g/mol. The molecule has 0 fully saturated rings. The van der Waals surface area contributed by atoms with Crippen LogP contribution in [-0.4, -0.2) is 23.4 Å². The van der Waals surface area contributed by atoms with Crippen LogP contribution in [0, 0.1) is 0 Å². The highest BCUT2D eigenvalue weighted by Gasteiger charge is 2.22. The monoisotopic (exact) mass is 244 g/mol. The lowest BCUT2D eigenvalue weighted by Crippen LogP contribution is -2.43. The predicted molar refractivity (Wildman–Crippen MR) is 73.0 cm³/mol. The maximum Gasteiger partial charge on any atom is 0.240 e. The van der Waals surface area contributed by atoms with Crippen molar-refractivity contribution in [3.05, 3.63) is 48.0 Å². The first-order valence-corrected chi connectivity index (χ1v) is 6.44. The molecule has 3 heteroatoms. The van der Waals surface area contributed by atoms with E-state index in [1.54, 1.807) is 6.08 Å². The molecule has 1 aliphatic rings. The minimum atomic E-state index is -0.451. The van der Waals surface area contributed by atoms with E-state index in [2.05, 4.69) is 24.8 Å². The van der Waals surface area contributed by atoms with Crippen molar-refractivity contribution in [1.29, 1.82) is 0 Å². The zero-order chi connectivity index (χ0) is 13.0. The molecular weight excluding hydrogens is 224 g/mol. The first-order valence-electron chi connectivity index (χ1n) is 6.44. The lowest BCUT2D eigenvalue weighted by Gasteiger charge is -2.24. The van der Waals surface area contributed by atoms with Crippen molar-refractivity contribution in [1.82, 2.24) is 4.90 Å². The molecule has 0 aromatic heterocycles. The summed E-state index contributed by atoms with van der Waals surface area (Å²) in [6.45, 7) is 5.10. The SMILES string of the molecule is C=CCC(N)C(=O)N1CCCc2ccccc2C1. The fourth-order valence-electron chi connectivity index (χ4n) is 2.40. The molecule has 0 bridgehead atoms. The fraction of sp³-hybridized carbons (Fsp3) is 0.400. The second-order valence-electron chi connectivity index (χ2n) is 4.76. The van der Waals surface area contributed by atoms with Crippen molar-refractivity contribution < 1.29 is 4.79 Å². The Hall–Kier alpha value is -1.61. The third-order valence-electron chi connectivity index (χ3n) is 3.40. The van der Waals surface area contributed by atoms with E-state index >= 15 is 0 Å². The Kier molecular flexibility index (Phi) is 4.15. The van der Waals surface area contributed by atoms with E-state index in [-0.39, 0.29) is 5.91 Å². The van der Waals surface area contributed by atoms with Gasteiger partial charge in [-0.25, -0.2) is 0 Å². The topological polar surface area (TPSA) is 46.3 Å². The van der Waals surface area contributed by atoms with E-state index in [0.717, 1.165) is 19.4 Å². The summed E-state index contributed by atoms with van der Waals surface area (Å²) in [6, 6.07) is 7.87. The summed E-state index contributed by atoms with van der Waals surface area (Å²) in [5.41, 5.74) is 8.46. The number of carbonyl (C=O) groups excluding carboxylic acids is 1. The van der Waals surface area contributed by atoms with Gasteiger partial charge in [-0.1, -0.05) is 30.3 Å². The molecule has 0 radical (unpaired) electrons. The van der Waals surface area contributed by atoms with Crippen LogP contribution in [0.5, 0.6) is 0 Å². The summed E-state index contributed by atoms with van der Waals surface area (Å²) in [7, 11) is 0. The van der Waals surface area contributed by atoms with Crippen LogP contribution >= 0.6 is 0 Å². The molecule has 0 spiro atoms. The molecule has 2 rings (SSSR count). The molecule has 96 valence electrons. The number of hydrogen-bond acceptors (Lipinski definition) is 2. The van der Waals surface area contributed by atoms with Gasteiger partial charge in [0.1, 0.15) is 0 Å². The van der Waals surface area contributed by atoms with Gasteiger partial charge in [0.15, 0.2) is 0 Å². The quantitative estimate of drug-likeness (QED) is 0.825. The molecule has 1 aliphatic heterocycles. The van der Waals surface area contributed by atoms with Crippen LogP contribution < -0.4 is 5.73 Å². The van der Waals surface area contributed by atoms with E-state index < -0.39 is 6.04 Å². The highest BCUT2D eigenvalue weighted by Crippen LogP contribution is 2.19. The molecule has 0 saturated heterocycles. The van der Waals surface area contributed by atoms with E-state index in [9.17, 15) is 4.79 Å². The standard InChI is InChI=1S/C15H20N2O/c1-2-6-14(16)15(18)17-10-5-9-12-7-3-4-8-13(12)11-17/h2-4,7-8,14H,1,5-6,9-11,16H2. The number of nitrogens with two attached hydrogens (primary N) is 1. The largest absolute Gasteiger partial charge is 0.337 e. The van der Waals surface area contributed by atoms with Crippen LogP contribution in [0.15, 0.2) is 36.9 Å². The molecule has 1 heterocycles. The van der Waals surface area contributed by atoms with Crippen molar-refractivity contribution in [3.8, 4) is 0 Å². The third-order valence-corrected chi connectivity index (χ3v) is 3.40. The minimum absolute atomic E-state index is 0.0339. The Morgan fingerprint density at radius 3 is 2.89 bits per heavy atom. The summed E-state index contributed by atoms with van der Waals surface area (Å²) in [5.74, 6) is 0.0339. The van der Waals surface area contributed by atoms with Crippen molar-refractivity contribution in [2.75, 3.05) is 6.54 Å². The second-order valence-corrected chi connectivity index (χ2v) is 4.76. The minimum Gasteiger partial charge on any atom is -0.337 e. The van der Waals surface area contributed by atoms with Crippen LogP contribution in [0.4, 0.5) is 0 Å². The van der Waals surface area contributed by atoms with Gasteiger partial charge in [0.05, 0.1) is 6.04 Å².